The van der Waals surface area contributed by atoms with Gasteiger partial charge in [-0.05, 0) is 46.2 Å². The van der Waals surface area contributed by atoms with E-state index in [-0.39, 0.29) is 17.2 Å². The Kier molecular flexibility index (Phi) is 8.81. The van der Waals surface area contributed by atoms with Crippen molar-refractivity contribution >= 4 is 11.2 Å². The first-order valence-corrected chi connectivity index (χ1v) is 15.6. The van der Waals surface area contributed by atoms with Gasteiger partial charge in [0.05, 0.1) is 0 Å². The Labute approximate surface area is 261 Å². The fraction of sp³-hybridized carbons (Fsp3) is 0.314. The monoisotopic (exact) mass is 602 g/mol. The van der Waals surface area contributed by atoms with Gasteiger partial charge in [0.15, 0.2) is 11.2 Å². The summed E-state index contributed by atoms with van der Waals surface area (Å²) in [5, 5.41) is 14.6. The minimum Gasteiger partial charge on any atom is -0.318 e. The van der Waals surface area contributed by atoms with Gasteiger partial charge < -0.3 is 4.57 Å². The topological polar surface area (TPSA) is 116 Å². The number of hydrogen-bond acceptors (Lipinski definition) is 6. The fourth-order valence-electron chi connectivity index (χ4n) is 5.82. The SMILES string of the molecule is CCCCc1nc2c(c(=O)n(CCc3ccccc3)c(=O)n2CC(C)C)n1Cc1ccc(-c2ccccc2-c2nn[nH]n2)cc1. The third-order valence-corrected chi connectivity index (χ3v) is 8.08. The Morgan fingerprint density at radius 2 is 1.53 bits per heavy atom. The first-order chi connectivity index (χ1) is 21.9. The first-order valence-electron chi connectivity index (χ1n) is 15.6. The molecule has 0 saturated carbocycles. The predicted molar refractivity (Wildman–Crippen MR) is 176 cm³/mol. The lowest BCUT2D eigenvalue weighted by Crippen LogP contribution is -2.41. The van der Waals surface area contributed by atoms with Crippen molar-refractivity contribution < 1.29 is 0 Å². The quantitative estimate of drug-likeness (QED) is 0.198. The van der Waals surface area contributed by atoms with Gasteiger partial charge in [-0.3, -0.25) is 13.9 Å². The summed E-state index contributed by atoms with van der Waals surface area (Å²) in [4.78, 5) is 32.9. The number of nitrogens with zero attached hydrogens (tertiary/aromatic N) is 7. The standard InChI is InChI=1S/C35H38N8O2/c1-4-5-15-30-36-33-31(34(44)41(35(45)43(33)22-24(2)3)21-20-25-11-7-6-8-12-25)42(30)23-26-16-18-27(19-17-26)28-13-9-10-14-29(28)32-37-39-40-38-32/h6-14,16-19,24H,4-5,15,20-23H2,1-3H3,(H,37,38,39,40). The van der Waals surface area contributed by atoms with Crippen molar-refractivity contribution in [2.75, 3.05) is 0 Å². The number of imidazole rings is 1. The zero-order chi connectivity index (χ0) is 31.3. The molecule has 0 fully saturated rings. The molecule has 0 spiro atoms. The molecular weight excluding hydrogens is 564 g/mol. The molecule has 45 heavy (non-hydrogen) atoms. The molecule has 6 rings (SSSR count). The molecule has 0 unspecified atom stereocenters. The van der Waals surface area contributed by atoms with Gasteiger partial charge in [0.25, 0.3) is 5.56 Å². The van der Waals surface area contributed by atoms with Gasteiger partial charge in [0, 0.05) is 31.6 Å². The average molecular weight is 603 g/mol. The third kappa shape index (κ3) is 6.26. The van der Waals surface area contributed by atoms with Gasteiger partial charge >= 0.3 is 5.69 Å². The highest BCUT2D eigenvalue weighted by Crippen LogP contribution is 2.30. The average Bonchev–Trinajstić information content (AvgIpc) is 3.72. The van der Waals surface area contributed by atoms with Crippen LogP contribution in [0.1, 0.15) is 50.6 Å². The van der Waals surface area contributed by atoms with E-state index in [9.17, 15) is 9.59 Å². The van der Waals surface area contributed by atoms with E-state index >= 15 is 0 Å². The second-order valence-electron chi connectivity index (χ2n) is 11.8. The maximum Gasteiger partial charge on any atom is 0.332 e. The number of tetrazole rings is 1. The van der Waals surface area contributed by atoms with Crippen molar-refractivity contribution in [2.45, 2.75) is 66.1 Å². The number of aromatic nitrogens is 8. The number of fused-ring (bicyclic) bond motifs is 1. The van der Waals surface area contributed by atoms with Crippen molar-refractivity contribution in [3.05, 3.63) is 117 Å². The van der Waals surface area contributed by atoms with Gasteiger partial charge in [-0.15, -0.1) is 10.2 Å². The summed E-state index contributed by atoms with van der Waals surface area (Å²) in [6, 6.07) is 26.2. The normalized spacial score (nSPS) is 11.6. The summed E-state index contributed by atoms with van der Waals surface area (Å²) >= 11 is 0. The third-order valence-electron chi connectivity index (χ3n) is 8.08. The van der Waals surface area contributed by atoms with Crippen LogP contribution in [0.4, 0.5) is 0 Å². The molecule has 0 radical (unpaired) electrons. The van der Waals surface area contributed by atoms with E-state index in [2.05, 4.69) is 65.7 Å². The van der Waals surface area contributed by atoms with Crippen LogP contribution in [0.25, 0.3) is 33.7 Å². The van der Waals surface area contributed by atoms with E-state index < -0.39 is 0 Å². The fourth-order valence-corrected chi connectivity index (χ4v) is 5.82. The molecule has 3 aromatic heterocycles. The Bertz CT molecular complexity index is 2000. The van der Waals surface area contributed by atoms with Crippen molar-refractivity contribution in [3.8, 4) is 22.5 Å². The van der Waals surface area contributed by atoms with Crippen LogP contribution in [0.3, 0.4) is 0 Å². The van der Waals surface area contributed by atoms with Crippen LogP contribution in [0.5, 0.6) is 0 Å². The highest BCUT2D eigenvalue weighted by atomic mass is 16.2. The number of nitrogens with one attached hydrogen (secondary N) is 1. The van der Waals surface area contributed by atoms with Crippen molar-refractivity contribution in [3.63, 3.8) is 0 Å². The van der Waals surface area contributed by atoms with Crippen molar-refractivity contribution in [2.24, 2.45) is 5.92 Å². The molecule has 1 N–H and O–H groups in total. The number of aryl methyl sites for hydroxylation is 2. The predicted octanol–water partition coefficient (Wildman–Crippen LogP) is 5.50. The Morgan fingerprint density at radius 1 is 0.800 bits per heavy atom. The Hall–Kier alpha value is -5.12. The van der Waals surface area contributed by atoms with Crippen molar-refractivity contribution in [1.29, 1.82) is 0 Å². The Balaban J connectivity index is 1.42. The van der Waals surface area contributed by atoms with Crippen LogP contribution in [0, 0.1) is 5.92 Å². The van der Waals surface area contributed by atoms with Crippen LogP contribution in [0.2, 0.25) is 0 Å². The highest BCUT2D eigenvalue weighted by Gasteiger charge is 2.22. The Morgan fingerprint density at radius 3 is 2.22 bits per heavy atom. The smallest absolute Gasteiger partial charge is 0.318 e. The van der Waals surface area contributed by atoms with E-state index in [1.54, 1.807) is 4.57 Å². The lowest BCUT2D eigenvalue weighted by molar-refractivity contribution is 0.486. The zero-order valence-corrected chi connectivity index (χ0v) is 26.0. The summed E-state index contributed by atoms with van der Waals surface area (Å²) < 4.78 is 5.14. The molecule has 10 heteroatoms. The van der Waals surface area contributed by atoms with E-state index in [0.29, 0.717) is 43.0 Å². The van der Waals surface area contributed by atoms with Crippen LogP contribution in [0.15, 0.2) is 88.5 Å². The van der Waals surface area contributed by atoms with Crippen LogP contribution < -0.4 is 11.2 Å². The minimum atomic E-state index is -0.298. The van der Waals surface area contributed by atoms with Gasteiger partial charge in [-0.2, -0.15) is 5.21 Å². The van der Waals surface area contributed by atoms with Crippen LogP contribution in [-0.4, -0.2) is 39.3 Å². The lowest BCUT2D eigenvalue weighted by Gasteiger charge is -2.15. The number of benzene rings is 3. The minimum absolute atomic E-state index is 0.207. The number of hydrogen-bond donors (Lipinski definition) is 1. The summed E-state index contributed by atoms with van der Waals surface area (Å²) in [6.45, 7) is 7.55. The second-order valence-corrected chi connectivity index (χ2v) is 11.8. The van der Waals surface area contributed by atoms with Gasteiger partial charge in [-0.1, -0.05) is 106 Å². The number of H-pyrrole nitrogens is 1. The van der Waals surface area contributed by atoms with Crippen molar-refractivity contribution in [1.82, 2.24) is 39.3 Å². The summed E-state index contributed by atoms with van der Waals surface area (Å²) in [7, 11) is 0. The maximum atomic E-state index is 14.2. The lowest BCUT2D eigenvalue weighted by atomic mass is 9.98. The van der Waals surface area contributed by atoms with Gasteiger partial charge in [-0.25, -0.2) is 9.78 Å². The molecule has 0 saturated heterocycles. The zero-order valence-electron chi connectivity index (χ0n) is 26.0. The molecule has 0 amide bonds. The molecule has 0 bridgehead atoms. The van der Waals surface area contributed by atoms with Crippen LogP contribution >= 0.6 is 0 Å². The number of unbranched alkanes of at least 4 members (excludes halogenated alkanes) is 1. The van der Waals surface area contributed by atoms with E-state index in [0.717, 1.165) is 52.9 Å². The molecule has 3 aromatic carbocycles. The summed E-state index contributed by atoms with van der Waals surface area (Å²) in [6.07, 6.45) is 3.25. The van der Waals surface area contributed by atoms with E-state index in [1.165, 1.54) is 4.57 Å². The van der Waals surface area contributed by atoms with E-state index in [1.807, 2.05) is 59.2 Å². The second kappa shape index (κ2) is 13.3. The van der Waals surface area contributed by atoms with E-state index in [4.69, 9.17) is 4.98 Å². The first kappa shape index (κ1) is 29.9. The maximum absolute atomic E-state index is 14.2. The molecule has 230 valence electrons. The molecule has 0 aliphatic rings. The van der Waals surface area contributed by atoms with Gasteiger partial charge in [0.1, 0.15) is 5.82 Å². The molecule has 6 aromatic rings. The summed E-state index contributed by atoms with van der Waals surface area (Å²) in [5.41, 5.74) is 5.41. The largest absolute Gasteiger partial charge is 0.332 e. The molecule has 0 aliphatic heterocycles. The van der Waals surface area contributed by atoms with Gasteiger partial charge in [0.2, 0.25) is 5.82 Å². The van der Waals surface area contributed by atoms with Crippen LogP contribution in [-0.2, 0) is 32.5 Å². The highest BCUT2D eigenvalue weighted by molar-refractivity contribution is 5.80. The number of aromatic amines is 1. The molecular formula is C35H38N8O2. The summed E-state index contributed by atoms with van der Waals surface area (Å²) in [5.74, 6) is 1.57. The molecule has 10 nitrogen and oxygen atoms in total. The molecule has 0 aliphatic carbocycles. The molecule has 0 atom stereocenters. The number of rotatable bonds is 12. The molecule has 3 heterocycles.